The maximum absolute atomic E-state index is 14.1. The number of ether oxygens (including phenoxy) is 1. The summed E-state index contributed by atoms with van der Waals surface area (Å²) in [7, 11) is 0. The second-order valence-electron chi connectivity index (χ2n) is 8.30. The first-order valence-electron chi connectivity index (χ1n) is 10.9. The molecule has 0 aliphatic carbocycles. The lowest BCUT2D eigenvalue weighted by molar-refractivity contribution is -0.183. The average molecular weight is 472 g/mol. The number of nitrogens with two attached hydrogens (primary N) is 1. The van der Waals surface area contributed by atoms with Crippen molar-refractivity contribution in [3.63, 3.8) is 0 Å². The summed E-state index contributed by atoms with van der Waals surface area (Å²) >= 11 is 0. The SMILES string of the molecule is NC1CCN([C@H](c2ccc3nnc(-c4ccc5cccc(OCCO)c5n4)n3c2)C(F)(F)F)C1. The van der Waals surface area contributed by atoms with Crippen LogP contribution in [0, 0.1) is 0 Å². The Kier molecular flexibility index (Phi) is 5.84. The van der Waals surface area contributed by atoms with Gasteiger partial charge in [-0.15, -0.1) is 10.2 Å². The minimum Gasteiger partial charge on any atom is -0.489 e. The van der Waals surface area contributed by atoms with Gasteiger partial charge in [0.05, 0.1) is 6.61 Å². The molecule has 4 heterocycles. The number of aliphatic hydroxyl groups is 1. The molecule has 1 aromatic carbocycles. The second kappa shape index (κ2) is 8.82. The van der Waals surface area contributed by atoms with Crippen LogP contribution in [0.25, 0.3) is 28.1 Å². The van der Waals surface area contributed by atoms with Gasteiger partial charge in [0.2, 0.25) is 0 Å². The predicted octanol–water partition coefficient (Wildman–Crippen LogP) is 2.95. The van der Waals surface area contributed by atoms with E-state index in [9.17, 15) is 13.2 Å². The fourth-order valence-corrected chi connectivity index (χ4v) is 4.42. The summed E-state index contributed by atoms with van der Waals surface area (Å²) < 4.78 is 49.4. The molecule has 34 heavy (non-hydrogen) atoms. The fraction of sp³-hybridized carbons (Fsp3) is 0.348. The Labute approximate surface area is 192 Å². The van der Waals surface area contributed by atoms with Crippen molar-refractivity contribution in [1.82, 2.24) is 24.5 Å². The third-order valence-electron chi connectivity index (χ3n) is 5.93. The number of alkyl halides is 3. The smallest absolute Gasteiger partial charge is 0.408 e. The highest BCUT2D eigenvalue weighted by molar-refractivity contribution is 5.86. The van der Waals surface area contributed by atoms with Crippen LogP contribution in [-0.4, -0.2) is 68.1 Å². The van der Waals surface area contributed by atoms with Crippen molar-refractivity contribution in [3.8, 4) is 17.3 Å². The molecule has 1 unspecified atom stereocenters. The van der Waals surface area contributed by atoms with Gasteiger partial charge in [0, 0.05) is 30.7 Å². The lowest BCUT2D eigenvalue weighted by atomic mass is 10.1. The molecule has 0 bridgehead atoms. The van der Waals surface area contributed by atoms with Gasteiger partial charge in [-0.25, -0.2) is 4.98 Å². The summed E-state index contributed by atoms with van der Waals surface area (Å²) in [5.41, 5.74) is 7.36. The quantitative estimate of drug-likeness (QED) is 0.445. The third-order valence-corrected chi connectivity index (χ3v) is 5.93. The van der Waals surface area contributed by atoms with Gasteiger partial charge in [-0.05, 0) is 30.2 Å². The summed E-state index contributed by atoms with van der Waals surface area (Å²) in [5, 5.41) is 18.2. The average Bonchev–Trinajstić information content (AvgIpc) is 3.42. The van der Waals surface area contributed by atoms with Crippen molar-refractivity contribution in [2.45, 2.75) is 24.7 Å². The molecule has 8 nitrogen and oxygen atoms in total. The molecule has 5 rings (SSSR count). The van der Waals surface area contributed by atoms with Crippen LogP contribution < -0.4 is 10.5 Å². The van der Waals surface area contributed by atoms with Crippen molar-refractivity contribution in [1.29, 1.82) is 0 Å². The molecule has 0 spiro atoms. The largest absolute Gasteiger partial charge is 0.489 e. The molecule has 0 amide bonds. The van der Waals surface area contributed by atoms with Gasteiger partial charge in [0.1, 0.15) is 29.6 Å². The standard InChI is InChI=1S/C23H23F3N6O2/c24-23(25,26)21(31-9-8-16(27)13-31)15-5-7-19-29-30-22(32(19)12-15)17-6-4-14-2-1-3-18(20(14)28-17)34-11-10-33/h1-7,12,16,21,33H,8-11,13,27H2/t16?,21-/m1/s1. The topological polar surface area (TPSA) is 102 Å². The van der Waals surface area contributed by atoms with E-state index in [-0.39, 0.29) is 37.9 Å². The maximum Gasteiger partial charge on any atom is 0.408 e. The number of aromatic nitrogens is 4. The van der Waals surface area contributed by atoms with Crippen LogP contribution in [0.3, 0.4) is 0 Å². The molecule has 4 aromatic rings. The van der Waals surface area contributed by atoms with Gasteiger partial charge in [0.15, 0.2) is 11.5 Å². The Hall–Kier alpha value is -3.28. The number of hydrogen-bond acceptors (Lipinski definition) is 7. The zero-order valence-corrected chi connectivity index (χ0v) is 18.1. The molecule has 0 radical (unpaired) electrons. The van der Waals surface area contributed by atoms with Gasteiger partial charge in [-0.1, -0.05) is 24.3 Å². The summed E-state index contributed by atoms with van der Waals surface area (Å²) in [4.78, 5) is 6.02. The summed E-state index contributed by atoms with van der Waals surface area (Å²) in [6.07, 6.45) is -2.52. The van der Waals surface area contributed by atoms with Gasteiger partial charge < -0.3 is 15.6 Å². The first-order chi connectivity index (χ1) is 16.3. The van der Waals surface area contributed by atoms with Crippen LogP contribution in [0.5, 0.6) is 5.75 Å². The summed E-state index contributed by atoms with van der Waals surface area (Å²) in [6.45, 7) is 0.429. The Bertz CT molecular complexity index is 1330. The number of nitrogens with zero attached hydrogens (tertiary/aromatic N) is 5. The van der Waals surface area contributed by atoms with Crippen molar-refractivity contribution in [2.75, 3.05) is 26.3 Å². The Morgan fingerprint density at radius 3 is 2.74 bits per heavy atom. The van der Waals surface area contributed by atoms with Gasteiger partial charge in [-0.2, -0.15) is 13.2 Å². The molecule has 1 saturated heterocycles. The number of fused-ring (bicyclic) bond motifs is 2. The molecular weight excluding hydrogens is 449 g/mol. The van der Waals surface area contributed by atoms with Crippen molar-refractivity contribution in [2.24, 2.45) is 5.73 Å². The number of rotatable bonds is 6. The number of pyridine rings is 2. The van der Waals surface area contributed by atoms with Crippen LogP contribution in [0.1, 0.15) is 18.0 Å². The highest BCUT2D eigenvalue weighted by Crippen LogP contribution is 2.39. The molecule has 1 aliphatic heterocycles. The van der Waals surface area contributed by atoms with Gasteiger partial charge in [-0.3, -0.25) is 9.30 Å². The first-order valence-corrected chi connectivity index (χ1v) is 10.9. The molecule has 178 valence electrons. The van der Waals surface area contributed by atoms with E-state index in [0.717, 1.165) is 5.39 Å². The van der Waals surface area contributed by atoms with Crippen LogP contribution in [0.4, 0.5) is 13.2 Å². The van der Waals surface area contributed by atoms with E-state index in [0.29, 0.717) is 34.9 Å². The summed E-state index contributed by atoms with van der Waals surface area (Å²) in [5.74, 6) is 0.806. The van der Waals surface area contributed by atoms with Crippen molar-refractivity contribution in [3.05, 3.63) is 54.2 Å². The van der Waals surface area contributed by atoms with Crippen LogP contribution >= 0.6 is 0 Å². The zero-order valence-electron chi connectivity index (χ0n) is 18.1. The monoisotopic (exact) mass is 472 g/mol. The lowest BCUT2D eigenvalue weighted by Crippen LogP contribution is -2.38. The first kappa shape index (κ1) is 22.5. The predicted molar refractivity (Wildman–Crippen MR) is 119 cm³/mol. The number of para-hydroxylation sites is 1. The maximum atomic E-state index is 14.1. The minimum absolute atomic E-state index is 0.0860. The summed E-state index contributed by atoms with van der Waals surface area (Å²) in [6, 6.07) is 9.90. The van der Waals surface area contributed by atoms with E-state index in [1.54, 1.807) is 12.1 Å². The molecule has 2 atom stereocenters. The van der Waals surface area contributed by atoms with Crippen LogP contribution in [0.15, 0.2) is 48.7 Å². The molecule has 3 N–H and O–H groups in total. The number of aliphatic hydroxyl groups excluding tert-OH is 1. The van der Waals surface area contributed by atoms with E-state index in [1.165, 1.54) is 27.6 Å². The third kappa shape index (κ3) is 4.17. The van der Waals surface area contributed by atoms with Gasteiger partial charge in [0.25, 0.3) is 0 Å². The van der Waals surface area contributed by atoms with Crippen LogP contribution in [0.2, 0.25) is 0 Å². The van der Waals surface area contributed by atoms with Crippen LogP contribution in [-0.2, 0) is 0 Å². The van der Waals surface area contributed by atoms with E-state index >= 15 is 0 Å². The molecule has 11 heteroatoms. The fourth-order valence-electron chi connectivity index (χ4n) is 4.42. The molecule has 1 aliphatic rings. The Balaban J connectivity index is 1.59. The Morgan fingerprint density at radius 1 is 1.15 bits per heavy atom. The minimum atomic E-state index is -4.47. The number of halogens is 3. The zero-order chi connectivity index (χ0) is 23.9. The van der Waals surface area contributed by atoms with E-state index in [4.69, 9.17) is 15.6 Å². The molecular formula is C23H23F3N6O2. The molecule has 3 aromatic heterocycles. The second-order valence-corrected chi connectivity index (χ2v) is 8.30. The van der Waals surface area contributed by atoms with E-state index < -0.39 is 12.2 Å². The molecule has 0 saturated carbocycles. The van der Waals surface area contributed by atoms with Crippen molar-refractivity contribution < 1.29 is 23.0 Å². The number of likely N-dealkylation sites (tertiary alicyclic amines) is 1. The lowest BCUT2D eigenvalue weighted by Gasteiger charge is -2.30. The Morgan fingerprint density at radius 2 is 2.00 bits per heavy atom. The normalized spacial score (nSPS) is 18.1. The van der Waals surface area contributed by atoms with Gasteiger partial charge >= 0.3 is 6.18 Å². The highest BCUT2D eigenvalue weighted by Gasteiger charge is 2.46. The molecule has 1 fully saturated rings. The van der Waals surface area contributed by atoms with E-state index in [1.807, 2.05) is 18.2 Å². The number of benzene rings is 1. The highest BCUT2D eigenvalue weighted by atomic mass is 19.4. The van der Waals surface area contributed by atoms with E-state index in [2.05, 4.69) is 15.2 Å². The van der Waals surface area contributed by atoms with Crippen molar-refractivity contribution >= 4 is 16.6 Å². The number of hydrogen-bond donors (Lipinski definition) is 2.